The van der Waals surface area contributed by atoms with Crippen LogP contribution >= 0.6 is 51.5 Å². The van der Waals surface area contributed by atoms with Crippen LogP contribution in [0.4, 0.5) is 5.69 Å². The van der Waals surface area contributed by atoms with Crippen LogP contribution in [0, 0.1) is 0 Å². The summed E-state index contributed by atoms with van der Waals surface area (Å²) >= 11 is 16.5. The number of thiocarbonyl (C=S) groups is 1. The van der Waals surface area contributed by atoms with Gasteiger partial charge in [0.25, 0.3) is 0 Å². The van der Waals surface area contributed by atoms with Crippen LogP contribution < -0.4 is 10.6 Å². The lowest BCUT2D eigenvalue weighted by Crippen LogP contribution is -2.29. The highest BCUT2D eigenvalue weighted by Gasteiger charge is 2.01. The quantitative estimate of drug-likeness (QED) is 0.470. The van der Waals surface area contributed by atoms with Gasteiger partial charge < -0.3 is 15.1 Å². The average Bonchev–Trinajstić information content (AvgIpc) is 3.00. The van der Waals surface area contributed by atoms with Gasteiger partial charge >= 0.3 is 0 Å². The Kier molecular flexibility index (Phi) is 7.59. The van der Waals surface area contributed by atoms with E-state index in [1.165, 1.54) is 0 Å². The van der Waals surface area contributed by atoms with Gasteiger partial charge in [-0.2, -0.15) is 11.8 Å². The first kappa shape index (κ1) is 17.7. The summed E-state index contributed by atoms with van der Waals surface area (Å²) in [5.41, 5.74) is 0.873. The first-order valence-corrected chi connectivity index (χ1v) is 9.48. The van der Waals surface area contributed by atoms with Crippen LogP contribution in [0.25, 0.3) is 0 Å². The first-order valence-electron chi connectivity index (χ1n) is 6.75. The van der Waals surface area contributed by atoms with Gasteiger partial charge in [-0.15, -0.1) is 0 Å². The largest absolute Gasteiger partial charge is 0.468 e. The number of halogens is 2. The Morgan fingerprint density at radius 3 is 2.95 bits per heavy atom. The van der Waals surface area contributed by atoms with Crippen LogP contribution in [-0.4, -0.2) is 17.4 Å². The van der Waals surface area contributed by atoms with E-state index >= 15 is 0 Å². The highest BCUT2D eigenvalue weighted by atomic mass is 79.9. The number of thioether (sulfide) groups is 1. The number of hydrogen-bond donors (Lipinski definition) is 2. The maximum absolute atomic E-state index is 6.04. The van der Waals surface area contributed by atoms with Crippen LogP contribution in [0.2, 0.25) is 5.02 Å². The van der Waals surface area contributed by atoms with Gasteiger partial charge in [-0.05, 0) is 70.7 Å². The Balaban J connectivity index is 1.58. The van der Waals surface area contributed by atoms with Crippen LogP contribution in [0.5, 0.6) is 0 Å². The second-order valence-electron chi connectivity index (χ2n) is 4.50. The number of nitrogens with one attached hydrogen (secondary N) is 2. The fourth-order valence-corrected chi connectivity index (χ4v) is 3.20. The van der Waals surface area contributed by atoms with Crippen molar-refractivity contribution in [3.05, 3.63) is 51.9 Å². The molecule has 0 aliphatic heterocycles. The second-order valence-corrected chi connectivity index (χ2v) is 7.27. The van der Waals surface area contributed by atoms with Crippen molar-refractivity contribution in [2.45, 2.75) is 12.2 Å². The molecule has 0 bridgehead atoms. The summed E-state index contributed by atoms with van der Waals surface area (Å²) in [5, 5.41) is 7.56. The Bertz CT molecular complexity index is 608. The molecule has 118 valence electrons. The second kappa shape index (κ2) is 9.45. The van der Waals surface area contributed by atoms with Crippen molar-refractivity contribution in [1.82, 2.24) is 5.32 Å². The Labute approximate surface area is 153 Å². The Morgan fingerprint density at radius 1 is 1.36 bits per heavy atom. The molecule has 0 amide bonds. The van der Waals surface area contributed by atoms with E-state index in [0.717, 1.165) is 40.4 Å². The van der Waals surface area contributed by atoms with E-state index in [4.69, 9.17) is 28.2 Å². The van der Waals surface area contributed by atoms with E-state index in [1.807, 2.05) is 42.1 Å². The molecule has 2 N–H and O–H groups in total. The molecule has 0 aliphatic rings. The van der Waals surface area contributed by atoms with Gasteiger partial charge in [0.05, 0.1) is 17.0 Å². The molecule has 0 radical (unpaired) electrons. The molecule has 0 atom stereocenters. The highest BCUT2D eigenvalue weighted by Crippen LogP contribution is 2.25. The number of anilines is 1. The summed E-state index contributed by atoms with van der Waals surface area (Å²) in [6.07, 6.45) is 2.74. The SMILES string of the molecule is S=C(NCCCSCc1ccco1)Nc1ccc(Br)c(Cl)c1. The predicted octanol–water partition coefficient (Wildman–Crippen LogP) is 5.31. The van der Waals surface area contributed by atoms with E-state index in [0.29, 0.717) is 10.1 Å². The molecular formula is C15H16BrClN2OS2. The molecule has 0 fully saturated rings. The molecule has 0 unspecified atom stereocenters. The van der Waals surface area contributed by atoms with Gasteiger partial charge in [-0.25, -0.2) is 0 Å². The van der Waals surface area contributed by atoms with Crippen molar-refractivity contribution in [3.8, 4) is 0 Å². The van der Waals surface area contributed by atoms with E-state index in [9.17, 15) is 0 Å². The molecule has 1 aromatic carbocycles. The maximum Gasteiger partial charge on any atom is 0.170 e. The summed E-state index contributed by atoms with van der Waals surface area (Å²) in [4.78, 5) is 0. The molecular weight excluding hydrogens is 404 g/mol. The highest BCUT2D eigenvalue weighted by molar-refractivity contribution is 9.10. The molecule has 2 rings (SSSR count). The zero-order valence-electron chi connectivity index (χ0n) is 11.8. The first-order chi connectivity index (χ1) is 10.6. The predicted molar refractivity (Wildman–Crippen MR) is 103 cm³/mol. The van der Waals surface area contributed by atoms with Crippen LogP contribution in [0.15, 0.2) is 45.5 Å². The zero-order valence-corrected chi connectivity index (χ0v) is 15.7. The Morgan fingerprint density at radius 2 is 2.23 bits per heavy atom. The average molecular weight is 420 g/mol. The summed E-state index contributed by atoms with van der Waals surface area (Å²) in [7, 11) is 0. The minimum absolute atomic E-state index is 0.606. The Hall–Kier alpha value is -0.690. The van der Waals surface area contributed by atoms with Crippen molar-refractivity contribution < 1.29 is 4.42 Å². The fraction of sp³-hybridized carbons (Fsp3) is 0.267. The monoisotopic (exact) mass is 418 g/mol. The molecule has 1 heterocycles. The van der Waals surface area contributed by atoms with Crippen LogP contribution in [-0.2, 0) is 5.75 Å². The fourth-order valence-electron chi connectivity index (χ4n) is 1.69. The lowest BCUT2D eigenvalue weighted by Gasteiger charge is -2.11. The van der Waals surface area contributed by atoms with Gasteiger partial charge in [0.15, 0.2) is 5.11 Å². The van der Waals surface area contributed by atoms with Gasteiger partial charge in [0.2, 0.25) is 0 Å². The maximum atomic E-state index is 6.04. The molecule has 22 heavy (non-hydrogen) atoms. The smallest absolute Gasteiger partial charge is 0.170 e. The standard InChI is InChI=1S/C15H16BrClN2OS2/c16-13-5-4-11(9-14(13)17)19-15(21)18-6-2-8-22-10-12-3-1-7-20-12/h1,3-5,7,9H,2,6,8,10H2,(H2,18,19,21). The molecule has 0 saturated heterocycles. The van der Waals surface area contributed by atoms with Crippen molar-refractivity contribution >= 4 is 62.3 Å². The number of furan rings is 1. The zero-order chi connectivity index (χ0) is 15.8. The molecule has 0 spiro atoms. The van der Waals surface area contributed by atoms with Crippen molar-refractivity contribution in [2.24, 2.45) is 0 Å². The van der Waals surface area contributed by atoms with Crippen LogP contribution in [0.1, 0.15) is 12.2 Å². The van der Waals surface area contributed by atoms with Gasteiger partial charge in [-0.3, -0.25) is 0 Å². The summed E-state index contributed by atoms with van der Waals surface area (Å²) in [6, 6.07) is 9.55. The lowest BCUT2D eigenvalue weighted by atomic mass is 10.3. The van der Waals surface area contributed by atoms with E-state index in [1.54, 1.807) is 6.26 Å². The number of benzene rings is 1. The van der Waals surface area contributed by atoms with Gasteiger partial charge in [0, 0.05) is 16.7 Å². The van der Waals surface area contributed by atoms with Crippen LogP contribution in [0.3, 0.4) is 0 Å². The molecule has 3 nitrogen and oxygen atoms in total. The topological polar surface area (TPSA) is 37.2 Å². The van der Waals surface area contributed by atoms with E-state index in [2.05, 4.69) is 26.6 Å². The normalized spacial score (nSPS) is 10.5. The van der Waals surface area contributed by atoms with Gasteiger partial charge in [0.1, 0.15) is 5.76 Å². The summed E-state index contributed by atoms with van der Waals surface area (Å²) in [6.45, 7) is 0.835. The minimum Gasteiger partial charge on any atom is -0.468 e. The molecule has 2 aromatic rings. The minimum atomic E-state index is 0.606. The van der Waals surface area contributed by atoms with E-state index in [-0.39, 0.29) is 0 Å². The molecule has 0 aliphatic carbocycles. The van der Waals surface area contributed by atoms with E-state index < -0.39 is 0 Å². The van der Waals surface area contributed by atoms with Crippen molar-refractivity contribution in [1.29, 1.82) is 0 Å². The van der Waals surface area contributed by atoms with Gasteiger partial charge in [-0.1, -0.05) is 11.6 Å². The van der Waals surface area contributed by atoms with Crippen molar-refractivity contribution in [3.63, 3.8) is 0 Å². The van der Waals surface area contributed by atoms with Crippen molar-refractivity contribution in [2.75, 3.05) is 17.6 Å². The third-order valence-electron chi connectivity index (χ3n) is 2.75. The summed E-state index contributed by atoms with van der Waals surface area (Å²) in [5.74, 6) is 2.98. The summed E-state index contributed by atoms with van der Waals surface area (Å²) < 4.78 is 6.15. The number of hydrogen-bond acceptors (Lipinski definition) is 3. The number of rotatable bonds is 7. The molecule has 0 saturated carbocycles. The third-order valence-corrected chi connectivity index (χ3v) is 5.30. The lowest BCUT2D eigenvalue weighted by molar-refractivity contribution is 0.530. The molecule has 1 aromatic heterocycles. The molecule has 7 heteroatoms. The third kappa shape index (κ3) is 6.20.